The summed E-state index contributed by atoms with van der Waals surface area (Å²) < 4.78 is 0. The van der Waals surface area contributed by atoms with E-state index in [-0.39, 0.29) is 11.8 Å². The number of para-hydroxylation sites is 1. The number of anilines is 1. The van der Waals surface area contributed by atoms with Crippen LogP contribution < -0.4 is 4.90 Å². The summed E-state index contributed by atoms with van der Waals surface area (Å²) >= 11 is 0. The Morgan fingerprint density at radius 2 is 2.00 bits per heavy atom. The third-order valence-electron chi connectivity index (χ3n) is 3.52. The van der Waals surface area contributed by atoms with Crippen LogP contribution in [0.1, 0.15) is 18.0 Å². The van der Waals surface area contributed by atoms with Crippen LogP contribution in [0.15, 0.2) is 42.7 Å². The van der Waals surface area contributed by atoms with Crippen molar-refractivity contribution < 1.29 is 10.2 Å². The van der Waals surface area contributed by atoms with Crippen molar-refractivity contribution in [3.8, 4) is 5.75 Å². The maximum absolute atomic E-state index is 10.2. The van der Waals surface area contributed by atoms with E-state index in [9.17, 15) is 10.2 Å². The van der Waals surface area contributed by atoms with E-state index in [0.29, 0.717) is 6.42 Å². The number of phenols is 1. The number of phenolic OH excluding ortho intramolecular Hbond substituents is 1. The number of hydrogen-bond donors (Lipinski definition) is 2. The van der Waals surface area contributed by atoms with Gasteiger partial charge in [0.2, 0.25) is 0 Å². The number of aromatic nitrogens is 2. The van der Waals surface area contributed by atoms with Gasteiger partial charge in [-0.05, 0) is 18.6 Å². The predicted molar refractivity (Wildman–Crippen MR) is 70.8 cm³/mol. The van der Waals surface area contributed by atoms with Gasteiger partial charge >= 0.3 is 0 Å². The lowest BCUT2D eigenvalue weighted by atomic mass is 10.0. The SMILES string of the molecule is Oc1ccccc1C1C(O)CCN1c1ccnnc1. The second-order valence-corrected chi connectivity index (χ2v) is 4.65. The highest BCUT2D eigenvalue weighted by Crippen LogP contribution is 2.39. The number of aromatic hydroxyl groups is 1. The quantitative estimate of drug-likeness (QED) is 0.853. The van der Waals surface area contributed by atoms with E-state index >= 15 is 0 Å². The van der Waals surface area contributed by atoms with Gasteiger partial charge in [-0.15, -0.1) is 0 Å². The Labute approximate surface area is 111 Å². The highest BCUT2D eigenvalue weighted by atomic mass is 16.3. The maximum Gasteiger partial charge on any atom is 0.120 e. The normalized spacial score (nSPS) is 22.7. The fraction of sp³-hybridized carbons (Fsp3) is 0.286. The molecule has 0 amide bonds. The molecule has 0 saturated carbocycles. The van der Waals surface area contributed by atoms with Crippen LogP contribution in [0.4, 0.5) is 5.69 Å². The monoisotopic (exact) mass is 257 g/mol. The molecule has 2 atom stereocenters. The van der Waals surface area contributed by atoms with Gasteiger partial charge < -0.3 is 15.1 Å². The minimum atomic E-state index is -0.499. The molecule has 3 rings (SSSR count). The molecule has 2 N–H and O–H groups in total. The molecule has 1 aromatic carbocycles. The van der Waals surface area contributed by atoms with Gasteiger partial charge in [-0.3, -0.25) is 0 Å². The van der Waals surface area contributed by atoms with E-state index in [1.165, 1.54) is 0 Å². The number of aliphatic hydroxyl groups excluding tert-OH is 1. The molecular formula is C14H15N3O2. The van der Waals surface area contributed by atoms with E-state index in [1.807, 2.05) is 18.2 Å². The van der Waals surface area contributed by atoms with Gasteiger partial charge in [0, 0.05) is 12.1 Å². The Morgan fingerprint density at radius 1 is 1.16 bits per heavy atom. The van der Waals surface area contributed by atoms with Crippen LogP contribution in [-0.4, -0.2) is 33.1 Å². The number of rotatable bonds is 2. The van der Waals surface area contributed by atoms with Gasteiger partial charge in [0.05, 0.1) is 30.2 Å². The largest absolute Gasteiger partial charge is 0.508 e. The molecule has 0 bridgehead atoms. The molecule has 0 aliphatic carbocycles. The third kappa shape index (κ3) is 2.13. The van der Waals surface area contributed by atoms with Crippen LogP contribution in [0, 0.1) is 0 Å². The van der Waals surface area contributed by atoms with E-state index < -0.39 is 6.10 Å². The fourth-order valence-electron chi connectivity index (χ4n) is 2.63. The minimum absolute atomic E-state index is 0.209. The highest BCUT2D eigenvalue weighted by molar-refractivity contribution is 5.50. The van der Waals surface area contributed by atoms with E-state index in [0.717, 1.165) is 17.8 Å². The van der Waals surface area contributed by atoms with E-state index in [4.69, 9.17) is 0 Å². The maximum atomic E-state index is 10.2. The second-order valence-electron chi connectivity index (χ2n) is 4.65. The van der Waals surface area contributed by atoms with Gasteiger partial charge in [0.1, 0.15) is 5.75 Å². The second kappa shape index (κ2) is 4.85. The van der Waals surface area contributed by atoms with Crippen LogP contribution in [0.25, 0.3) is 0 Å². The summed E-state index contributed by atoms with van der Waals surface area (Å²) in [5.41, 5.74) is 1.64. The van der Waals surface area contributed by atoms with Crippen molar-refractivity contribution in [3.63, 3.8) is 0 Å². The number of hydrogen-bond acceptors (Lipinski definition) is 5. The fourth-order valence-corrected chi connectivity index (χ4v) is 2.63. The van der Waals surface area contributed by atoms with Gasteiger partial charge in [0.25, 0.3) is 0 Å². The summed E-state index contributed by atoms with van der Waals surface area (Å²) in [4.78, 5) is 2.05. The summed E-state index contributed by atoms with van der Waals surface area (Å²) in [6.45, 7) is 0.728. The Morgan fingerprint density at radius 3 is 2.74 bits per heavy atom. The summed E-state index contributed by atoms with van der Waals surface area (Å²) in [5, 5.41) is 27.8. The third-order valence-corrected chi connectivity index (χ3v) is 3.52. The first kappa shape index (κ1) is 11.9. The minimum Gasteiger partial charge on any atom is -0.508 e. The lowest BCUT2D eigenvalue weighted by Gasteiger charge is -2.28. The van der Waals surface area contributed by atoms with Crippen molar-refractivity contribution in [1.82, 2.24) is 10.2 Å². The molecule has 0 spiro atoms. The first-order valence-electron chi connectivity index (χ1n) is 6.26. The topological polar surface area (TPSA) is 69.5 Å². The molecule has 1 aliphatic rings. The summed E-state index contributed by atoms with van der Waals surface area (Å²) in [6.07, 6.45) is 3.47. The predicted octanol–water partition coefficient (Wildman–Crippen LogP) is 1.49. The molecule has 5 heteroatoms. The van der Waals surface area contributed by atoms with Gasteiger partial charge in [-0.1, -0.05) is 18.2 Å². The average Bonchev–Trinajstić information content (AvgIpc) is 2.82. The molecule has 2 heterocycles. The molecule has 2 aromatic rings. The first-order valence-corrected chi connectivity index (χ1v) is 6.26. The zero-order chi connectivity index (χ0) is 13.2. The average molecular weight is 257 g/mol. The Kier molecular flexibility index (Phi) is 3.05. The van der Waals surface area contributed by atoms with Crippen molar-refractivity contribution in [2.75, 3.05) is 11.4 Å². The van der Waals surface area contributed by atoms with Crippen LogP contribution in [0.3, 0.4) is 0 Å². The molecular weight excluding hydrogens is 242 g/mol. The molecule has 1 aromatic heterocycles. The molecule has 1 saturated heterocycles. The number of benzene rings is 1. The summed E-state index contributed by atoms with van der Waals surface area (Å²) in [6, 6.07) is 8.74. The smallest absolute Gasteiger partial charge is 0.120 e. The molecule has 98 valence electrons. The Balaban J connectivity index is 2.00. The summed E-state index contributed by atoms with van der Waals surface area (Å²) in [7, 11) is 0. The van der Waals surface area contributed by atoms with Crippen LogP contribution in [0.2, 0.25) is 0 Å². The lowest BCUT2D eigenvalue weighted by Crippen LogP contribution is -2.27. The van der Waals surface area contributed by atoms with Gasteiger partial charge in [-0.25, -0.2) is 0 Å². The van der Waals surface area contributed by atoms with Crippen molar-refractivity contribution in [2.45, 2.75) is 18.6 Å². The van der Waals surface area contributed by atoms with Crippen molar-refractivity contribution >= 4 is 5.69 Å². The van der Waals surface area contributed by atoms with Crippen LogP contribution in [-0.2, 0) is 0 Å². The summed E-state index contributed by atoms with van der Waals surface area (Å²) in [5.74, 6) is 0.209. The van der Waals surface area contributed by atoms with Crippen LogP contribution >= 0.6 is 0 Å². The standard InChI is InChI=1S/C14H15N3O2/c18-12-4-2-1-3-11(12)14-13(19)6-8-17(14)10-5-7-15-16-9-10/h1-5,7,9,13-14,18-19H,6,8H2. The van der Waals surface area contributed by atoms with Crippen molar-refractivity contribution in [3.05, 3.63) is 48.3 Å². The number of nitrogens with zero attached hydrogens (tertiary/aromatic N) is 3. The first-order chi connectivity index (χ1) is 9.27. The van der Waals surface area contributed by atoms with Crippen molar-refractivity contribution in [1.29, 1.82) is 0 Å². The van der Waals surface area contributed by atoms with Crippen molar-refractivity contribution in [2.24, 2.45) is 0 Å². The van der Waals surface area contributed by atoms with E-state index in [1.54, 1.807) is 24.5 Å². The zero-order valence-electron chi connectivity index (χ0n) is 10.3. The highest BCUT2D eigenvalue weighted by Gasteiger charge is 2.35. The molecule has 2 unspecified atom stereocenters. The lowest BCUT2D eigenvalue weighted by molar-refractivity contribution is 0.163. The molecule has 19 heavy (non-hydrogen) atoms. The van der Waals surface area contributed by atoms with E-state index in [2.05, 4.69) is 15.1 Å². The Hall–Kier alpha value is -2.14. The Bertz CT molecular complexity index is 562. The molecule has 1 aliphatic heterocycles. The van der Waals surface area contributed by atoms with Gasteiger partial charge in [-0.2, -0.15) is 10.2 Å². The molecule has 1 fully saturated rings. The number of aliphatic hydroxyl groups is 1. The molecule has 0 radical (unpaired) electrons. The van der Waals surface area contributed by atoms with Crippen LogP contribution in [0.5, 0.6) is 5.75 Å². The van der Waals surface area contributed by atoms with Gasteiger partial charge in [0.15, 0.2) is 0 Å². The zero-order valence-corrected chi connectivity index (χ0v) is 10.3. The molecule has 5 nitrogen and oxygen atoms in total.